The Morgan fingerprint density at radius 2 is 1.13 bits per heavy atom. The predicted molar refractivity (Wildman–Crippen MR) is 69.4 cm³/mol. The Labute approximate surface area is 129 Å². The molecule has 0 saturated heterocycles. The van der Waals surface area contributed by atoms with Crippen LogP contribution in [0.25, 0.3) is 0 Å². The van der Waals surface area contributed by atoms with Crippen LogP contribution in [0.4, 0.5) is 35.1 Å². The van der Waals surface area contributed by atoms with E-state index in [0.717, 1.165) is 0 Å². The summed E-state index contributed by atoms with van der Waals surface area (Å²) in [5.41, 5.74) is 0. The van der Waals surface area contributed by atoms with Crippen LogP contribution in [-0.4, -0.2) is 35.4 Å². The van der Waals surface area contributed by atoms with Gasteiger partial charge in [-0.25, -0.2) is 0 Å². The number of hydrogen-bond donors (Lipinski definition) is 1. The SMILES string of the molecule is C=CCCCCCC(F)(F)C(F)(F)C(F)(F)C(F)(F)CCCO. The molecule has 0 atom stereocenters. The van der Waals surface area contributed by atoms with E-state index in [2.05, 4.69) is 6.58 Å². The zero-order chi connectivity index (χ0) is 18.4. The van der Waals surface area contributed by atoms with Crippen molar-refractivity contribution in [2.45, 2.75) is 68.6 Å². The van der Waals surface area contributed by atoms with Crippen molar-refractivity contribution in [1.29, 1.82) is 0 Å². The maximum Gasteiger partial charge on any atom is 0.378 e. The molecule has 0 aliphatic heterocycles. The van der Waals surface area contributed by atoms with Gasteiger partial charge in [0, 0.05) is 19.4 Å². The molecular weight excluding hydrogens is 336 g/mol. The van der Waals surface area contributed by atoms with Gasteiger partial charge in [-0.1, -0.05) is 12.5 Å². The van der Waals surface area contributed by atoms with Crippen LogP contribution in [0.1, 0.15) is 44.9 Å². The molecule has 0 spiro atoms. The first-order valence-electron chi connectivity index (χ1n) is 7.10. The van der Waals surface area contributed by atoms with Crippen LogP contribution in [0, 0.1) is 0 Å². The third kappa shape index (κ3) is 5.06. The third-order valence-corrected chi connectivity index (χ3v) is 3.36. The number of aliphatic hydroxyl groups is 1. The van der Waals surface area contributed by atoms with E-state index in [4.69, 9.17) is 5.11 Å². The van der Waals surface area contributed by atoms with E-state index in [1.165, 1.54) is 6.08 Å². The number of allylic oxidation sites excluding steroid dienone is 1. The van der Waals surface area contributed by atoms with Crippen molar-refractivity contribution in [3.05, 3.63) is 12.7 Å². The number of unbranched alkanes of at least 4 members (excludes halogenated alkanes) is 3. The molecule has 23 heavy (non-hydrogen) atoms. The molecular formula is C14H20F8O. The quantitative estimate of drug-likeness (QED) is 0.281. The second-order valence-corrected chi connectivity index (χ2v) is 5.27. The van der Waals surface area contributed by atoms with Crippen molar-refractivity contribution in [2.75, 3.05) is 6.61 Å². The van der Waals surface area contributed by atoms with Crippen LogP contribution in [0.3, 0.4) is 0 Å². The lowest BCUT2D eigenvalue weighted by atomic mass is 9.92. The number of hydrogen-bond acceptors (Lipinski definition) is 1. The minimum atomic E-state index is -6.22. The first-order chi connectivity index (χ1) is 10.4. The van der Waals surface area contributed by atoms with Crippen LogP contribution in [0.15, 0.2) is 12.7 Å². The number of aliphatic hydroxyl groups excluding tert-OH is 1. The lowest BCUT2D eigenvalue weighted by Gasteiger charge is -2.37. The lowest BCUT2D eigenvalue weighted by Crippen LogP contribution is -2.62. The summed E-state index contributed by atoms with van der Waals surface area (Å²) in [6.45, 7) is 2.41. The van der Waals surface area contributed by atoms with Gasteiger partial charge >= 0.3 is 23.7 Å². The smallest absolute Gasteiger partial charge is 0.378 e. The minimum Gasteiger partial charge on any atom is -0.396 e. The van der Waals surface area contributed by atoms with Crippen molar-refractivity contribution < 1.29 is 40.2 Å². The zero-order valence-corrected chi connectivity index (χ0v) is 12.4. The number of alkyl halides is 8. The van der Waals surface area contributed by atoms with E-state index in [9.17, 15) is 35.1 Å². The molecule has 0 aromatic rings. The van der Waals surface area contributed by atoms with Crippen molar-refractivity contribution in [2.24, 2.45) is 0 Å². The molecule has 1 nitrogen and oxygen atoms in total. The van der Waals surface area contributed by atoms with Gasteiger partial charge < -0.3 is 5.11 Å². The highest BCUT2D eigenvalue weighted by Crippen LogP contribution is 2.55. The highest BCUT2D eigenvalue weighted by atomic mass is 19.4. The van der Waals surface area contributed by atoms with Crippen molar-refractivity contribution in [3.8, 4) is 0 Å². The average molecular weight is 356 g/mol. The molecule has 0 aromatic carbocycles. The highest BCUT2D eigenvalue weighted by molar-refractivity contribution is 5.03. The average Bonchev–Trinajstić information content (AvgIpc) is 2.44. The van der Waals surface area contributed by atoms with Gasteiger partial charge in [0.15, 0.2) is 0 Å². The summed E-state index contributed by atoms with van der Waals surface area (Å²) in [5, 5.41) is 8.32. The van der Waals surface area contributed by atoms with Gasteiger partial charge in [-0.2, -0.15) is 35.1 Å². The van der Waals surface area contributed by atoms with Gasteiger partial charge in [-0.15, -0.1) is 6.58 Å². The molecule has 0 rings (SSSR count). The second kappa shape index (κ2) is 8.30. The molecule has 0 fully saturated rings. The molecule has 0 unspecified atom stereocenters. The predicted octanol–water partition coefficient (Wildman–Crippen LogP) is 5.44. The molecule has 1 N–H and O–H groups in total. The standard InChI is InChI=1S/C14H20F8O/c1-2-3-4-5-6-8-11(15,16)13(19,20)14(21,22)12(17,18)9-7-10-23/h2,23H,1,3-10H2. The van der Waals surface area contributed by atoms with E-state index in [1.54, 1.807) is 0 Å². The molecule has 0 radical (unpaired) electrons. The van der Waals surface area contributed by atoms with E-state index in [0.29, 0.717) is 12.8 Å². The molecule has 138 valence electrons. The maximum absolute atomic E-state index is 13.4. The van der Waals surface area contributed by atoms with Crippen LogP contribution < -0.4 is 0 Å². The molecule has 0 aliphatic rings. The topological polar surface area (TPSA) is 20.2 Å². The number of halogens is 8. The largest absolute Gasteiger partial charge is 0.396 e. The van der Waals surface area contributed by atoms with E-state index in [-0.39, 0.29) is 6.42 Å². The monoisotopic (exact) mass is 356 g/mol. The van der Waals surface area contributed by atoms with E-state index >= 15 is 0 Å². The van der Waals surface area contributed by atoms with Gasteiger partial charge in [-0.3, -0.25) is 0 Å². The van der Waals surface area contributed by atoms with Gasteiger partial charge in [0.25, 0.3) is 0 Å². The van der Waals surface area contributed by atoms with Gasteiger partial charge in [0.2, 0.25) is 0 Å². The summed E-state index contributed by atoms with van der Waals surface area (Å²) in [5.74, 6) is -23.0. The molecule has 0 saturated carbocycles. The summed E-state index contributed by atoms with van der Waals surface area (Å²) < 4.78 is 107. The first-order valence-corrected chi connectivity index (χ1v) is 7.10. The summed E-state index contributed by atoms with van der Waals surface area (Å²) >= 11 is 0. The van der Waals surface area contributed by atoms with E-state index in [1.807, 2.05) is 0 Å². The Morgan fingerprint density at radius 1 is 0.696 bits per heavy atom. The number of rotatable bonds is 12. The lowest BCUT2D eigenvalue weighted by molar-refractivity contribution is -0.368. The Hall–Kier alpha value is -0.860. The fourth-order valence-corrected chi connectivity index (χ4v) is 1.89. The molecule has 0 bridgehead atoms. The molecule has 0 aromatic heterocycles. The second-order valence-electron chi connectivity index (χ2n) is 5.27. The highest BCUT2D eigenvalue weighted by Gasteiger charge is 2.79. The first kappa shape index (κ1) is 22.1. The van der Waals surface area contributed by atoms with E-state index < -0.39 is 56.0 Å². The summed E-state index contributed by atoms with van der Waals surface area (Å²) in [4.78, 5) is 0. The summed E-state index contributed by atoms with van der Waals surface area (Å²) in [7, 11) is 0. The summed E-state index contributed by atoms with van der Waals surface area (Å²) in [6.07, 6.45) is -2.52. The third-order valence-electron chi connectivity index (χ3n) is 3.36. The van der Waals surface area contributed by atoms with Crippen LogP contribution in [0.2, 0.25) is 0 Å². The van der Waals surface area contributed by atoms with Gasteiger partial charge in [0.1, 0.15) is 0 Å². The normalized spacial score (nSPS) is 14.1. The van der Waals surface area contributed by atoms with Crippen molar-refractivity contribution in [3.63, 3.8) is 0 Å². The molecule has 0 aliphatic carbocycles. The van der Waals surface area contributed by atoms with Gasteiger partial charge in [-0.05, 0) is 25.7 Å². The zero-order valence-electron chi connectivity index (χ0n) is 12.4. The Bertz CT molecular complexity index is 368. The summed E-state index contributed by atoms with van der Waals surface area (Å²) in [6, 6.07) is 0. The van der Waals surface area contributed by atoms with Crippen LogP contribution >= 0.6 is 0 Å². The van der Waals surface area contributed by atoms with Gasteiger partial charge in [0.05, 0.1) is 0 Å². The molecule has 9 heteroatoms. The van der Waals surface area contributed by atoms with Crippen LogP contribution in [0.5, 0.6) is 0 Å². The fourth-order valence-electron chi connectivity index (χ4n) is 1.89. The molecule has 0 heterocycles. The Morgan fingerprint density at radius 3 is 1.52 bits per heavy atom. The Balaban J connectivity index is 5.05. The maximum atomic E-state index is 13.4. The van der Waals surface area contributed by atoms with Crippen molar-refractivity contribution >= 4 is 0 Å². The fraction of sp³-hybridized carbons (Fsp3) is 0.857. The minimum absolute atomic E-state index is 0.0597. The van der Waals surface area contributed by atoms with Crippen molar-refractivity contribution in [1.82, 2.24) is 0 Å². The van der Waals surface area contributed by atoms with Crippen LogP contribution in [-0.2, 0) is 0 Å². The molecule has 0 amide bonds. The Kier molecular flexibility index (Phi) is 7.99.